The summed E-state index contributed by atoms with van der Waals surface area (Å²) in [5, 5.41) is 6.71. The highest BCUT2D eigenvalue weighted by Crippen LogP contribution is 2.38. The van der Waals surface area contributed by atoms with E-state index in [2.05, 4.69) is 25.5 Å². The molecule has 0 saturated carbocycles. The second-order valence-corrected chi connectivity index (χ2v) is 8.55. The molecular formula is C21H30Cl2N6O2. The molecule has 0 aromatic carbocycles. The Morgan fingerprint density at radius 1 is 1.19 bits per heavy atom. The number of hydrogen-bond donors (Lipinski definition) is 3. The molecule has 2 aromatic heterocycles. The molecule has 3 atom stereocenters. The Kier molecular flexibility index (Phi) is 7.80. The molecule has 3 aliphatic heterocycles. The summed E-state index contributed by atoms with van der Waals surface area (Å²) < 4.78 is 1.76. The van der Waals surface area contributed by atoms with Crippen molar-refractivity contribution in [2.75, 3.05) is 26.2 Å². The van der Waals surface area contributed by atoms with Gasteiger partial charge in [-0.25, -0.2) is 4.98 Å². The zero-order valence-electron chi connectivity index (χ0n) is 17.3. The van der Waals surface area contributed by atoms with E-state index in [0.29, 0.717) is 5.92 Å². The molecule has 0 aliphatic carbocycles. The monoisotopic (exact) mass is 468 g/mol. The lowest BCUT2D eigenvalue weighted by atomic mass is 9.79. The van der Waals surface area contributed by atoms with Gasteiger partial charge in [0.2, 0.25) is 5.91 Å². The van der Waals surface area contributed by atoms with Gasteiger partial charge in [0, 0.05) is 68.2 Å². The van der Waals surface area contributed by atoms with Gasteiger partial charge in [0.15, 0.2) is 0 Å². The zero-order valence-corrected chi connectivity index (χ0v) is 19.0. The number of fused-ring (bicyclic) bond motifs is 4. The topological polar surface area (TPSA) is 95.1 Å². The fourth-order valence-electron chi connectivity index (χ4n) is 5.25. The third kappa shape index (κ3) is 4.82. The second-order valence-electron chi connectivity index (χ2n) is 8.55. The third-order valence-electron chi connectivity index (χ3n) is 6.68. The number of aromatic amines is 1. The molecule has 3 aliphatic rings. The summed E-state index contributed by atoms with van der Waals surface area (Å²) in [6.07, 6.45) is 6.42. The summed E-state index contributed by atoms with van der Waals surface area (Å²) in [6, 6.07) is 5.14. The van der Waals surface area contributed by atoms with Gasteiger partial charge in [0.05, 0.1) is 6.54 Å². The summed E-state index contributed by atoms with van der Waals surface area (Å²) >= 11 is 0. The molecule has 10 heteroatoms. The third-order valence-corrected chi connectivity index (χ3v) is 6.68. The minimum Gasteiger partial charge on any atom is -0.351 e. The van der Waals surface area contributed by atoms with E-state index in [1.165, 1.54) is 0 Å². The van der Waals surface area contributed by atoms with Gasteiger partial charge < -0.3 is 15.6 Å². The second kappa shape index (κ2) is 10.2. The molecule has 3 N–H and O–H groups in total. The van der Waals surface area contributed by atoms with E-state index >= 15 is 0 Å². The highest BCUT2D eigenvalue weighted by atomic mass is 35.5. The summed E-state index contributed by atoms with van der Waals surface area (Å²) in [5.74, 6) is 1.46. The number of hydrogen-bond acceptors (Lipinski definition) is 5. The summed E-state index contributed by atoms with van der Waals surface area (Å²) in [4.78, 5) is 35.7. The van der Waals surface area contributed by atoms with Crippen molar-refractivity contribution >= 4 is 30.7 Å². The maximum Gasteiger partial charge on any atom is 0.251 e. The fourth-order valence-corrected chi connectivity index (χ4v) is 5.25. The number of halogens is 2. The number of likely N-dealkylation sites (tertiary alicyclic amines) is 1. The average molecular weight is 469 g/mol. The number of nitrogens with one attached hydrogen (secondary N) is 3. The van der Waals surface area contributed by atoms with Gasteiger partial charge in [-0.05, 0) is 25.3 Å². The highest BCUT2D eigenvalue weighted by Gasteiger charge is 2.41. The molecule has 1 amide bonds. The lowest BCUT2D eigenvalue weighted by molar-refractivity contribution is -0.128. The summed E-state index contributed by atoms with van der Waals surface area (Å²) in [7, 11) is 0. The Bertz CT molecular complexity index is 926. The minimum atomic E-state index is -0.413. The quantitative estimate of drug-likeness (QED) is 0.630. The molecule has 31 heavy (non-hydrogen) atoms. The zero-order chi connectivity index (χ0) is 19.8. The molecular weight excluding hydrogens is 439 g/mol. The molecule has 0 radical (unpaired) electrons. The molecule has 2 saturated heterocycles. The molecule has 2 bridgehead atoms. The van der Waals surface area contributed by atoms with Crippen LogP contribution in [0.1, 0.15) is 42.7 Å². The van der Waals surface area contributed by atoms with Crippen LogP contribution in [0.4, 0.5) is 0 Å². The number of nitrogens with zero attached hydrogens (tertiary/aromatic N) is 3. The highest BCUT2D eigenvalue weighted by molar-refractivity contribution is 5.85. The largest absolute Gasteiger partial charge is 0.351 e. The van der Waals surface area contributed by atoms with Crippen molar-refractivity contribution in [2.24, 2.45) is 5.92 Å². The van der Waals surface area contributed by atoms with Crippen LogP contribution in [0.2, 0.25) is 0 Å². The van der Waals surface area contributed by atoms with Crippen LogP contribution in [0, 0.1) is 5.92 Å². The van der Waals surface area contributed by atoms with Crippen molar-refractivity contribution in [3.8, 4) is 0 Å². The minimum absolute atomic E-state index is 0. The van der Waals surface area contributed by atoms with Crippen molar-refractivity contribution in [1.29, 1.82) is 0 Å². The average Bonchev–Trinajstić information content (AvgIpc) is 3.24. The van der Waals surface area contributed by atoms with Crippen molar-refractivity contribution in [1.82, 2.24) is 30.1 Å². The van der Waals surface area contributed by atoms with Gasteiger partial charge in [0.1, 0.15) is 11.9 Å². The summed E-state index contributed by atoms with van der Waals surface area (Å²) in [6.45, 7) is 4.34. The first kappa shape index (κ1) is 23.8. The van der Waals surface area contributed by atoms with Gasteiger partial charge in [-0.1, -0.05) is 6.07 Å². The molecule has 2 fully saturated rings. The van der Waals surface area contributed by atoms with E-state index in [1.54, 1.807) is 16.8 Å². The predicted molar refractivity (Wildman–Crippen MR) is 123 cm³/mol. The Morgan fingerprint density at radius 2 is 2.00 bits per heavy atom. The van der Waals surface area contributed by atoms with Gasteiger partial charge in [-0.2, -0.15) is 0 Å². The number of piperidine rings is 2. The number of amides is 1. The van der Waals surface area contributed by atoms with Gasteiger partial charge in [0.25, 0.3) is 5.56 Å². The summed E-state index contributed by atoms with van der Waals surface area (Å²) in [5.41, 5.74) is 0.932. The molecule has 5 heterocycles. The Morgan fingerprint density at radius 3 is 2.74 bits per heavy atom. The van der Waals surface area contributed by atoms with Crippen molar-refractivity contribution < 1.29 is 4.79 Å². The van der Waals surface area contributed by atoms with E-state index in [-0.39, 0.29) is 48.2 Å². The van der Waals surface area contributed by atoms with Gasteiger partial charge in [-0.15, -0.1) is 24.8 Å². The lowest BCUT2D eigenvalue weighted by Gasteiger charge is -2.43. The van der Waals surface area contributed by atoms with Crippen LogP contribution in [-0.2, 0) is 11.3 Å². The molecule has 2 aromatic rings. The normalized spacial score (nSPS) is 25.6. The van der Waals surface area contributed by atoms with Crippen LogP contribution in [0.15, 0.2) is 35.4 Å². The molecule has 0 spiro atoms. The van der Waals surface area contributed by atoms with Crippen molar-refractivity contribution in [3.05, 3.63) is 52.5 Å². The van der Waals surface area contributed by atoms with Crippen LogP contribution in [0.25, 0.3) is 0 Å². The van der Waals surface area contributed by atoms with E-state index in [0.717, 1.165) is 63.5 Å². The SMILES string of the molecule is Cl.Cl.O=C(NC1CCN(Cc2ncc[nH]2)CC1)[C@H]1[C@@H]2CNC[C@@H](C2)c2cccc(=O)n21. The first-order chi connectivity index (χ1) is 14.2. The van der Waals surface area contributed by atoms with Crippen LogP contribution >= 0.6 is 24.8 Å². The molecule has 170 valence electrons. The maximum atomic E-state index is 13.3. The Hall–Kier alpha value is -1.87. The van der Waals surface area contributed by atoms with E-state index < -0.39 is 6.04 Å². The van der Waals surface area contributed by atoms with Gasteiger partial charge >= 0.3 is 0 Å². The first-order valence-electron chi connectivity index (χ1n) is 10.6. The number of carbonyl (C=O) groups is 1. The lowest BCUT2D eigenvalue weighted by Crippen LogP contribution is -2.54. The smallest absolute Gasteiger partial charge is 0.251 e. The number of H-pyrrole nitrogens is 1. The number of imidazole rings is 1. The fraction of sp³-hybridized carbons (Fsp3) is 0.571. The standard InChI is InChI=1S/C21H28N6O2.2ClH/c28-19-3-1-2-17-14-10-15(12-22-11-14)20(27(17)19)21(29)25-16-4-8-26(9-5-16)13-18-23-6-7-24-18;;/h1-3,6-7,14-16,20,22H,4-5,8-13H2,(H,23,24)(H,25,29);2*1H/t14-,15+,20-;;/m1../s1. The van der Waals surface area contributed by atoms with Crippen LogP contribution in [-0.4, -0.2) is 57.6 Å². The Balaban J connectivity index is 0.00000136. The predicted octanol–water partition coefficient (Wildman–Crippen LogP) is 1.44. The first-order valence-corrected chi connectivity index (χ1v) is 10.6. The number of carbonyl (C=O) groups excluding carboxylic acids is 1. The maximum absolute atomic E-state index is 13.3. The van der Waals surface area contributed by atoms with Crippen molar-refractivity contribution in [3.63, 3.8) is 0 Å². The van der Waals surface area contributed by atoms with Crippen LogP contribution < -0.4 is 16.2 Å². The van der Waals surface area contributed by atoms with Crippen LogP contribution in [0.3, 0.4) is 0 Å². The Labute approximate surface area is 194 Å². The molecule has 5 rings (SSSR count). The molecule has 8 nitrogen and oxygen atoms in total. The van der Waals surface area contributed by atoms with Gasteiger partial charge in [-0.3, -0.25) is 19.1 Å². The number of aromatic nitrogens is 3. The van der Waals surface area contributed by atoms with Crippen molar-refractivity contribution in [2.45, 2.75) is 43.8 Å². The molecule has 0 unspecified atom stereocenters. The van der Waals surface area contributed by atoms with E-state index in [9.17, 15) is 9.59 Å². The number of rotatable bonds is 4. The van der Waals surface area contributed by atoms with E-state index in [4.69, 9.17) is 0 Å². The van der Waals surface area contributed by atoms with Crippen LogP contribution in [0.5, 0.6) is 0 Å². The van der Waals surface area contributed by atoms with E-state index in [1.807, 2.05) is 18.3 Å². The number of pyridine rings is 1.